The Hall–Kier alpha value is -4.32. The minimum absolute atomic E-state index is 0.196. The summed E-state index contributed by atoms with van der Waals surface area (Å²) in [7, 11) is 3.00. The predicted octanol–water partition coefficient (Wildman–Crippen LogP) is 4.89. The molecule has 1 heterocycles. The fraction of sp³-hybridized carbons (Fsp3) is 0.160. The molecule has 198 valence electrons. The van der Waals surface area contributed by atoms with Crippen LogP contribution in [0.3, 0.4) is 0 Å². The maximum atomic E-state index is 14.7. The summed E-state index contributed by atoms with van der Waals surface area (Å²) >= 11 is 5.92. The largest absolute Gasteiger partial charge is 0.478 e. The van der Waals surface area contributed by atoms with E-state index in [9.17, 15) is 31.9 Å². The zero-order chi connectivity index (χ0) is 28.4. The molecular formula is C25H19ClF4N4O4. The lowest BCUT2D eigenvalue weighted by molar-refractivity contribution is -0.138. The van der Waals surface area contributed by atoms with Crippen molar-refractivity contribution in [1.29, 1.82) is 5.41 Å². The molecule has 8 nitrogen and oxygen atoms in total. The highest BCUT2D eigenvalue weighted by atomic mass is 35.5. The molecule has 1 aromatic heterocycles. The van der Waals surface area contributed by atoms with Gasteiger partial charge in [0.15, 0.2) is 0 Å². The summed E-state index contributed by atoms with van der Waals surface area (Å²) in [4.78, 5) is 41.7. The molecule has 0 bridgehead atoms. The van der Waals surface area contributed by atoms with Gasteiger partial charge in [0.05, 0.1) is 39.5 Å². The fourth-order valence-electron chi connectivity index (χ4n) is 3.39. The van der Waals surface area contributed by atoms with E-state index in [-0.39, 0.29) is 40.4 Å². The average Bonchev–Trinajstić information content (AvgIpc) is 2.82. The first kappa shape index (κ1) is 28.3. The van der Waals surface area contributed by atoms with Gasteiger partial charge in [-0.1, -0.05) is 17.7 Å². The molecule has 3 rings (SSSR count). The van der Waals surface area contributed by atoms with Crippen LogP contribution in [0.15, 0.2) is 48.7 Å². The molecule has 0 spiro atoms. The van der Waals surface area contributed by atoms with Gasteiger partial charge >= 0.3 is 12.1 Å². The van der Waals surface area contributed by atoms with Crippen molar-refractivity contribution in [2.24, 2.45) is 0 Å². The molecule has 0 aliphatic rings. The number of likely N-dealkylation sites (N-methyl/N-ethyl adjacent to an activating group) is 1. The van der Waals surface area contributed by atoms with Crippen molar-refractivity contribution in [2.45, 2.75) is 12.6 Å². The Morgan fingerprint density at radius 1 is 1.13 bits per heavy atom. The second-order valence-electron chi connectivity index (χ2n) is 8.19. The molecule has 0 saturated carbocycles. The van der Waals surface area contributed by atoms with Crippen molar-refractivity contribution < 1.29 is 37.1 Å². The molecule has 0 fully saturated rings. The zero-order valence-corrected chi connectivity index (χ0v) is 20.5. The number of amides is 2. The van der Waals surface area contributed by atoms with Crippen LogP contribution in [0.4, 0.5) is 23.2 Å². The van der Waals surface area contributed by atoms with E-state index >= 15 is 0 Å². The number of carbonyl (C=O) groups excluding carboxylic acids is 2. The molecule has 2 amide bonds. The number of rotatable bonds is 7. The first-order valence-electron chi connectivity index (χ1n) is 10.7. The topological polar surface area (TPSA) is 123 Å². The quantitative estimate of drug-likeness (QED) is 0.285. The van der Waals surface area contributed by atoms with Gasteiger partial charge in [0.2, 0.25) is 5.91 Å². The highest BCUT2D eigenvalue weighted by Crippen LogP contribution is 2.35. The highest BCUT2D eigenvalue weighted by Gasteiger charge is 2.36. The summed E-state index contributed by atoms with van der Waals surface area (Å²) < 4.78 is 55.4. The third-order valence-electron chi connectivity index (χ3n) is 5.31. The third kappa shape index (κ3) is 6.14. The van der Waals surface area contributed by atoms with Crippen molar-refractivity contribution in [3.8, 4) is 0 Å². The Bertz CT molecular complexity index is 1460. The van der Waals surface area contributed by atoms with E-state index < -0.39 is 45.7 Å². The molecule has 2 aromatic carbocycles. The molecule has 38 heavy (non-hydrogen) atoms. The number of nitrogens with zero attached hydrogens (tertiary/aromatic N) is 2. The van der Waals surface area contributed by atoms with Crippen molar-refractivity contribution in [2.75, 3.05) is 19.4 Å². The number of carbonyl (C=O) groups is 3. The molecule has 0 radical (unpaired) electrons. The van der Waals surface area contributed by atoms with Crippen LogP contribution in [0.25, 0.3) is 0 Å². The van der Waals surface area contributed by atoms with Gasteiger partial charge in [0, 0.05) is 25.9 Å². The van der Waals surface area contributed by atoms with Gasteiger partial charge in [-0.05, 0) is 42.0 Å². The maximum absolute atomic E-state index is 14.7. The molecule has 13 heteroatoms. The predicted molar refractivity (Wildman–Crippen MR) is 130 cm³/mol. The normalized spacial score (nSPS) is 11.1. The number of carboxylic acids is 1. The third-order valence-corrected chi connectivity index (χ3v) is 5.63. The van der Waals surface area contributed by atoms with Gasteiger partial charge in [0.25, 0.3) is 5.91 Å². The second kappa shape index (κ2) is 11.0. The number of benzene rings is 2. The number of alkyl halides is 3. The summed E-state index contributed by atoms with van der Waals surface area (Å²) in [6.45, 7) is 0. The summed E-state index contributed by atoms with van der Waals surface area (Å²) in [5.41, 5.74) is -3.95. The SMILES string of the molecule is CN(C)C(=O)Cc1cnc(C(=N)c2ccc(C(=O)O)cc2F)c(NC(=O)c2c(Cl)cccc2C(F)(F)F)c1. The number of aromatic carboxylic acids is 1. The molecule has 0 atom stereocenters. The number of hydrogen-bond acceptors (Lipinski definition) is 5. The van der Waals surface area contributed by atoms with Gasteiger partial charge < -0.3 is 15.3 Å². The monoisotopic (exact) mass is 550 g/mol. The number of anilines is 1. The molecule has 3 N–H and O–H groups in total. The van der Waals surface area contributed by atoms with Crippen molar-refractivity contribution >= 4 is 40.8 Å². The summed E-state index contributed by atoms with van der Waals surface area (Å²) in [6, 6.07) is 6.79. The van der Waals surface area contributed by atoms with Gasteiger partial charge in [-0.15, -0.1) is 0 Å². The van der Waals surface area contributed by atoms with Crippen molar-refractivity contribution in [1.82, 2.24) is 9.88 Å². The second-order valence-corrected chi connectivity index (χ2v) is 8.60. The standard InChI is InChI=1S/C25H19ClF4N4O4/c1-34(2)19(35)9-12-8-18(33-23(36)20-15(25(28,29)30)4-3-5-16(20)26)22(32-11-12)21(31)14-7-6-13(24(37)38)10-17(14)27/h3-8,10-11,31H,9H2,1-2H3,(H,33,36)(H,37,38). The van der Waals surface area contributed by atoms with E-state index in [1.165, 1.54) is 31.3 Å². The minimum atomic E-state index is -4.92. The lowest BCUT2D eigenvalue weighted by Crippen LogP contribution is -2.24. The average molecular weight is 551 g/mol. The lowest BCUT2D eigenvalue weighted by Gasteiger charge is -2.17. The number of hydrogen-bond donors (Lipinski definition) is 3. The Morgan fingerprint density at radius 2 is 1.82 bits per heavy atom. The molecule has 0 aliphatic carbocycles. The summed E-state index contributed by atoms with van der Waals surface area (Å²) in [5, 5.41) is 19.3. The maximum Gasteiger partial charge on any atom is 0.417 e. The van der Waals surface area contributed by atoms with Gasteiger partial charge in [-0.25, -0.2) is 9.18 Å². The van der Waals surface area contributed by atoms with Crippen LogP contribution in [0.2, 0.25) is 5.02 Å². The molecular weight excluding hydrogens is 532 g/mol. The minimum Gasteiger partial charge on any atom is -0.478 e. The first-order chi connectivity index (χ1) is 17.7. The number of aromatic nitrogens is 1. The van der Waals surface area contributed by atoms with Gasteiger partial charge in [-0.2, -0.15) is 13.2 Å². The highest BCUT2D eigenvalue weighted by molar-refractivity contribution is 6.34. The van der Waals surface area contributed by atoms with Crippen LogP contribution < -0.4 is 5.32 Å². The van der Waals surface area contributed by atoms with Crippen LogP contribution >= 0.6 is 11.6 Å². The lowest BCUT2D eigenvalue weighted by atomic mass is 10.0. The Balaban J connectivity index is 2.11. The Labute approximate surface area is 218 Å². The summed E-state index contributed by atoms with van der Waals surface area (Å²) in [6.07, 6.45) is -3.92. The van der Waals surface area contributed by atoms with E-state index in [1.54, 1.807) is 0 Å². The molecule has 0 saturated heterocycles. The van der Waals surface area contributed by atoms with E-state index in [0.717, 1.165) is 24.3 Å². The molecule has 0 aliphatic heterocycles. The van der Waals surface area contributed by atoms with E-state index in [1.807, 2.05) is 0 Å². The van der Waals surface area contributed by atoms with Crippen LogP contribution in [-0.4, -0.2) is 52.6 Å². The van der Waals surface area contributed by atoms with Gasteiger partial charge in [-0.3, -0.25) is 20.0 Å². The molecule has 3 aromatic rings. The smallest absolute Gasteiger partial charge is 0.417 e. The van der Waals surface area contributed by atoms with Gasteiger partial charge in [0.1, 0.15) is 11.5 Å². The Kier molecular flexibility index (Phi) is 8.16. The fourth-order valence-corrected chi connectivity index (χ4v) is 3.65. The number of pyridine rings is 1. The Morgan fingerprint density at radius 3 is 2.39 bits per heavy atom. The van der Waals surface area contributed by atoms with E-state index in [0.29, 0.717) is 12.1 Å². The number of halogens is 5. The molecule has 0 unspecified atom stereocenters. The van der Waals surface area contributed by atoms with Crippen LogP contribution in [0.1, 0.15) is 43.1 Å². The van der Waals surface area contributed by atoms with Crippen molar-refractivity contribution in [3.63, 3.8) is 0 Å². The first-order valence-corrected chi connectivity index (χ1v) is 11.1. The summed E-state index contributed by atoms with van der Waals surface area (Å²) in [5.74, 6) is -4.11. The van der Waals surface area contributed by atoms with E-state index in [4.69, 9.17) is 22.1 Å². The van der Waals surface area contributed by atoms with E-state index in [2.05, 4.69) is 10.3 Å². The van der Waals surface area contributed by atoms with Crippen LogP contribution in [0, 0.1) is 11.2 Å². The number of nitrogens with one attached hydrogen (secondary N) is 2. The number of carboxylic acid groups (broad SMARTS) is 1. The van der Waals surface area contributed by atoms with Crippen molar-refractivity contribution in [3.05, 3.63) is 93.0 Å². The zero-order valence-electron chi connectivity index (χ0n) is 19.8. The van der Waals surface area contributed by atoms with Crippen LogP contribution in [-0.2, 0) is 17.4 Å². The van der Waals surface area contributed by atoms with Crippen LogP contribution in [0.5, 0.6) is 0 Å².